The van der Waals surface area contributed by atoms with E-state index in [1.165, 1.54) is 24.8 Å². The maximum Gasteiger partial charge on any atom is 0.0372 e. The summed E-state index contributed by atoms with van der Waals surface area (Å²) in [6, 6.07) is 5.05. The molecule has 2 rings (SSSR count). The summed E-state index contributed by atoms with van der Waals surface area (Å²) < 4.78 is 0. The van der Waals surface area contributed by atoms with Crippen LogP contribution in [0.15, 0.2) is 18.3 Å². The third-order valence-corrected chi connectivity index (χ3v) is 5.13. The molecule has 1 fully saturated rings. The van der Waals surface area contributed by atoms with Gasteiger partial charge in [-0.05, 0) is 68.0 Å². The van der Waals surface area contributed by atoms with Crippen molar-refractivity contribution in [1.82, 2.24) is 10.3 Å². The molecule has 2 nitrogen and oxygen atoms in total. The molecule has 0 amide bonds. The number of nitrogens with zero attached hydrogens (tertiary/aromatic N) is 1. The normalized spacial score (nSPS) is 26.5. The van der Waals surface area contributed by atoms with Crippen LogP contribution in [0.2, 0.25) is 0 Å². The molecule has 118 valence electrons. The number of rotatable bonds is 5. The Labute approximate surface area is 130 Å². The standard InChI is InChI=1S/C19H32N2/c1-13(2)16-8-9-18(11-20-14(3)4)19(10-16)17-7-6-15(5)21-12-17/h6-7,12-14,16,18-20H,8-11H2,1-5H3. The predicted octanol–water partition coefficient (Wildman–Crippen LogP) is 4.54. The summed E-state index contributed by atoms with van der Waals surface area (Å²) in [6.07, 6.45) is 6.18. The van der Waals surface area contributed by atoms with E-state index in [9.17, 15) is 0 Å². The van der Waals surface area contributed by atoms with E-state index in [1.807, 2.05) is 0 Å². The average molecular weight is 288 g/mol. The Morgan fingerprint density at radius 2 is 1.95 bits per heavy atom. The molecule has 0 bridgehead atoms. The number of aromatic nitrogens is 1. The molecule has 0 aromatic carbocycles. The van der Waals surface area contributed by atoms with Gasteiger partial charge in [-0.15, -0.1) is 0 Å². The van der Waals surface area contributed by atoms with Gasteiger partial charge in [0, 0.05) is 17.9 Å². The molecule has 0 spiro atoms. The summed E-state index contributed by atoms with van der Waals surface area (Å²) in [6.45, 7) is 12.4. The summed E-state index contributed by atoms with van der Waals surface area (Å²) in [7, 11) is 0. The Morgan fingerprint density at radius 1 is 1.19 bits per heavy atom. The van der Waals surface area contributed by atoms with Gasteiger partial charge in [-0.25, -0.2) is 0 Å². The van der Waals surface area contributed by atoms with E-state index in [4.69, 9.17) is 0 Å². The molecule has 2 heteroatoms. The lowest BCUT2D eigenvalue weighted by Crippen LogP contribution is -2.35. The van der Waals surface area contributed by atoms with Crippen LogP contribution in [0, 0.1) is 24.7 Å². The molecule has 1 N–H and O–H groups in total. The zero-order chi connectivity index (χ0) is 15.4. The summed E-state index contributed by atoms with van der Waals surface area (Å²) in [4.78, 5) is 4.53. The average Bonchev–Trinajstić information content (AvgIpc) is 2.45. The van der Waals surface area contributed by atoms with Gasteiger partial charge in [0.1, 0.15) is 0 Å². The highest BCUT2D eigenvalue weighted by Gasteiger charge is 2.32. The fourth-order valence-electron chi connectivity index (χ4n) is 3.61. The lowest BCUT2D eigenvalue weighted by atomic mass is 9.68. The molecule has 0 aliphatic heterocycles. The van der Waals surface area contributed by atoms with Crippen molar-refractivity contribution in [3.63, 3.8) is 0 Å². The van der Waals surface area contributed by atoms with Crippen LogP contribution in [0.25, 0.3) is 0 Å². The minimum atomic E-state index is 0.574. The van der Waals surface area contributed by atoms with Crippen molar-refractivity contribution in [3.8, 4) is 0 Å². The molecule has 1 saturated carbocycles. The molecule has 3 unspecified atom stereocenters. The summed E-state index contributed by atoms with van der Waals surface area (Å²) in [5.74, 6) is 3.09. The van der Waals surface area contributed by atoms with Crippen molar-refractivity contribution in [2.24, 2.45) is 17.8 Å². The van der Waals surface area contributed by atoms with Gasteiger partial charge in [0.05, 0.1) is 0 Å². The van der Waals surface area contributed by atoms with Crippen molar-refractivity contribution in [2.75, 3.05) is 6.54 Å². The smallest absolute Gasteiger partial charge is 0.0372 e. The predicted molar refractivity (Wildman–Crippen MR) is 90.5 cm³/mol. The first-order chi connectivity index (χ1) is 9.97. The van der Waals surface area contributed by atoms with Crippen molar-refractivity contribution in [1.29, 1.82) is 0 Å². The molecule has 0 radical (unpaired) electrons. The van der Waals surface area contributed by atoms with Crippen LogP contribution in [0.5, 0.6) is 0 Å². The van der Waals surface area contributed by atoms with Crippen molar-refractivity contribution >= 4 is 0 Å². The Morgan fingerprint density at radius 3 is 2.52 bits per heavy atom. The second-order valence-electron chi connectivity index (χ2n) is 7.48. The van der Waals surface area contributed by atoms with Gasteiger partial charge >= 0.3 is 0 Å². The van der Waals surface area contributed by atoms with Crippen LogP contribution in [0.4, 0.5) is 0 Å². The lowest BCUT2D eigenvalue weighted by molar-refractivity contribution is 0.188. The molecule has 0 saturated heterocycles. The first-order valence-corrected chi connectivity index (χ1v) is 8.63. The maximum absolute atomic E-state index is 4.53. The third kappa shape index (κ3) is 4.54. The molecule has 21 heavy (non-hydrogen) atoms. The van der Waals surface area contributed by atoms with E-state index in [2.05, 4.69) is 63.2 Å². The van der Waals surface area contributed by atoms with Crippen LogP contribution in [0.1, 0.15) is 64.1 Å². The zero-order valence-electron chi connectivity index (χ0n) is 14.4. The minimum Gasteiger partial charge on any atom is -0.314 e. The van der Waals surface area contributed by atoms with Crippen molar-refractivity contribution < 1.29 is 0 Å². The van der Waals surface area contributed by atoms with Gasteiger partial charge in [0.25, 0.3) is 0 Å². The van der Waals surface area contributed by atoms with Crippen LogP contribution < -0.4 is 5.32 Å². The highest BCUT2D eigenvalue weighted by atomic mass is 14.9. The van der Waals surface area contributed by atoms with Gasteiger partial charge < -0.3 is 5.32 Å². The maximum atomic E-state index is 4.53. The molecule has 3 atom stereocenters. The van der Waals surface area contributed by atoms with Crippen LogP contribution in [-0.4, -0.2) is 17.6 Å². The number of hydrogen-bond donors (Lipinski definition) is 1. The lowest BCUT2D eigenvalue weighted by Gasteiger charge is -2.38. The third-order valence-electron chi connectivity index (χ3n) is 5.13. The Kier molecular flexibility index (Phi) is 5.80. The van der Waals surface area contributed by atoms with Gasteiger partial charge in [-0.3, -0.25) is 4.98 Å². The number of hydrogen-bond acceptors (Lipinski definition) is 2. The van der Waals surface area contributed by atoms with E-state index in [0.717, 1.165) is 30.0 Å². The summed E-state index contributed by atoms with van der Waals surface area (Å²) in [5.41, 5.74) is 2.56. The Hall–Kier alpha value is -0.890. The van der Waals surface area contributed by atoms with Gasteiger partial charge in [-0.1, -0.05) is 33.8 Å². The second kappa shape index (κ2) is 7.40. The summed E-state index contributed by atoms with van der Waals surface area (Å²) in [5, 5.41) is 3.65. The summed E-state index contributed by atoms with van der Waals surface area (Å²) >= 11 is 0. The monoisotopic (exact) mass is 288 g/mol. The quantitative estimate of drug-likeness (QED) is 0.860. The van der Waals surface area contributed by atoms with Crippen molar-refractivity contribution in [2.45, 2.75) is 65.8 Å². The largest absolute Gasteiger partial charge is 0.314 e. The molecule has 1 aliphatic rings. The van der Waals surface area contributed by atoms with E-state index < -0.39 is 0 Å². The van der Waals surface area contributed by atoms with Crippen LogP contribution in [-0.2, 0) is 0 Å². The SMILES string of the molecule is Cc1ccc(C2CC(C(C)C)CCC2CNC(C)C)cn1. The fourth-order valence-corrected chi connectivity index (χ4v) is 3.61. The van der Waals surface area contributed by atoms with E-state index in [1.54, 1.807) is 0 Å². The van der Waals surface area contributed by atoms with Crippen LogP contribution in [0.3, 0.4) is 0 Å². The van der Waals surface area contributed by atoms with E-state index >= 15 is 0 Å². The second-order valence-corrected chi connectivity index (χ2v) is 7.48. The minimum absolute atomic E-state index is 0.574. The Balaban J connectivity index is 2.13. The number of pyridine rings is 1. The molecule has 1 aromatic rings. The molecular weight excluding hydrogens is 256 g/mol. The highest BCUT2D eigenvalue weighted by Crippen LogP contribution is 2.42. The molecule has 1 aromatic heterocycles. The van der Waals surface area contributed by atoms with E-state index in [0.29, 0.717) is 12.0 Å². The molecule has 1 heterocycles. The molecular formula is C19H32N2. The number of aryl methyl sites for hydroxylation is 1. The fraction of sp³-hybridized carbons (Fsp3) is 0.737. The van der Waals surface area contributed by atoms with Crippen molar-refractivity contribution in [3.05, 3.63) is 29.6 Å². The number of nitrogens with one attached hydrogen (secondary N) is 1. The van der Waals surface area contributed by atoms with Gasteiger partial charge in [0.15, 0.2) is 0 Å². The first kappa shape index (κ1) is 16.5. The van der Waals surface area contributed by atoms with Crippen LogP contribution >= 0.6 is 0 Å². The highest BCUT2D eigenvalue weighted by molar-refractivity contribution is 5.20. The Bertz CT molecular complexity index is 422. The van der Waals surface area contributed by atoms with Gasteiger partial charge in [0.2, 0.25) is 0 Å². The zero-order valence-corrected chi connectivity index (χ0v) is 14.4. The van der Waals surface area contributed by atoms with E-state index in [-0.39, 0.29) is 0 Å². The van der Waals surface area contributed by atoms with Gasteiger partial charge in [-0.2, -0.15) is 0 Å². The topological polar surface area (TPSA) is 24.9 Å². The first-order valence-electron chi connectivity index (χ1n) is 8.63. The molecule has 1 aliphatic carbocycles.